The lowest BCUT2D eigenvalue weighted by Crippen LogP contribution is -2.29. The van der Waals surface area contributed by atoms with Gasteiger partial charge in [0.1, 0.15) is 0 Å². The molecule has 0 radical (unpaired) electrons. The third-order valence-corrected chi connectivity index (χ3v) is 3.79. The molecule has 1 aromatic heterocycles. The van der Waals surface area contributed by atoms with Crippen LogP contribution in [0.2, 0.25) is 0 Å². The zero-order valence-electron chi connectivity index (χ0n) is 12.4. The van der Waals surface area contributed by atoms with E-state index in [1.165, 1.54) is 0 Å². The van der Waals surface area contributed by atoms with E-state index in [1.54, 1.807) is 24.1 Å². The Morgan fingerprint density at radius 2 is 2.18 bits per heavy atom. The smallest absolute Gasteiger partial charge is 0.343 e. The number of aromatic nitrogens is 1. The Balaban J connectivity index is 1.91. The molecule has 0 saturated carbocycles. The molecule has 1 aromatic carbocycles. The predicted molar refractivity (Wildman–Crippen MR) is 81.1 cm³/mol. The number of carbonyl (C=O) groups is 1. The Morgan fingerprint density at radius 3 is 2.82 bits per heavy atom. The monoisotopic (exact) mass is 302 g/mol. The lowest BCUT2D eigenvalue weighted by Gasteiger charge is -2.20. The summed E-state index contributed by atoms with van der Waals surface area (Å²) < 4.78 is 10.9. The maximum atomic E-state index is 11.7. The molecule has 0 aliphatic carbocycles. The van der Waals surface area contributed by atoms with Gasteiger partial charge in [-0.2, -0.15) is 0 Å². The van der Waals surface area contributed by atoms with Crippen molar-refractivity contribution >= 4 is 11.8 Å². The number of ether oxygens (including phenoxy) is 1. The fourth-order valence-corrected chi connectivity index (χ4v) is 2.70. The van der Waals surface area contributed by atoms with Gasteiger partial charge in [-0.05, 0) is 12.8 Å². The van der Waals surface area contributed by atoms with Crippen LogP contribution < -0.4 is 4.90 Å². The van der Waals surface area contributed by atoms with Gasteiger partial charge in [0.2, 0.25) is 0 Å². The molecule has 1 atom stereocenters. The fourth-order valence-electron chi connectivity index (χ4n) is 2.70. The topological polar surface area (TPSA) is 75.8 Å². The van der Waals surface area contributed by atoms with Gasteiger partial charge in [0, 0.05) is 25.8 Å². The standard InChI is InChI=1S/C16H18N2O4/c1-18(10-12-8-5-9-21-12)15-13(16(19)20)14(22-17-15)11-6-3-2-4-7-11/h2-4,6-7,12H,5,8-10H2,1H3,(H,19,20). The quantitative estimate of drug-likeness (QED) is 0.915. The average Bonchev–Trinajstić information content (AvgIpc) is 3.16. The second-order valence-electron chi connectivity index (χ2n) is 5.40. The number of carboxylic acids is 1. The lowest BCUT2D eigenvalue weighted by atomic mass is 10.1. The fraction of sp³-hybridized carbons (Fsp3) is 0.375. The number of aromatic carboxylic acids is 1. The first-order chi connectivity index (χ1) is 10.7. The van der Waals surface area contributed by atoms with E-state index in [0.29, 0.717) is 17.9 Å². The van der Waals surface area contributed by atoms with Gasteiger partial charge in [0.15, 0.2) is 17.1 Å². The van der Waals surface area contributed by atoms with Crippen LogP contribution >= 0.6 is 0 Å². The van der Waals surface area contributed by atoms with Crippen LogP contribution in [0.1, 0.15) is 23.2 Å². The average molecular weight is 302 g/mol. The summed E-state index contributed by atoms with van der Waals surface area (Å²) in [7, 11) is 1.81. The molecule has 22 heavy (non-hydrogen) atoms. The van der Waals surface area contributed by atoms with E-state index < -0.39 is 5.97 Å². The van der Waals surface area contributed by atoms with Gasteiger partial charge in [-0.3, -0.25) is 0 Å². The van der Waals surface area contributed by atoms with Crippen LogP contribution in [0.25, 0.3) is 11.3 Å². The second-order valence-corrected chi connectivity index (χ2v) is 5.40. The molecule has 1 N–H and O–H groups in total. The van der Waals surface area contributed by atoms with Crippen molar-refractivity contribution in [2.45, 2.75) is 18.9 Å². The van der Waals surface area contributed by atoms with Crippen LogP contribution in [-0.2, 0) is 4.74 Å². The van der Waals surface area contributed by atoms with Crippen LogP contribution in [-0.4, -0.2) is 42.5 Å². The first-order valence-corrected chi connectivity index (χ1v) is 7.28. The van der Waals surface area contributed by atoms with Crippen molar-refractivity contribution in [1.29, 1.82) is 0 Å². The molecule has 1 unspecified atom stereocenters. The summed E-state index contributed by atoms with van der Waals surface area (Å²) in [4.78, 5) is 13.4. The highest BCUT2D eigenvalue weighted by molar-refractivity contribution is 5.99. The Morgan fingerprint density at radius 1 is 1.41 bits per heavy atom. The Kier molecular flexibility index (Phi) is 4.11. The lowest BCUT2D eigenvalue weighted by molar-refractivity contribution is 0.0697. The molecular formula is C16H18N2O4. The highest BCUT2D eigenvalue weighted by atomic mass is 16.5. The molecule has 0 amide bonds. The van der Waals surface area contributed by atoms with Gasteiger partial charge in [-0.1, -0.05) is 35.5 Å². The maximum absolute atomic E-state index is 11.7. The SMILES string of the molecule is CN(CC1CCCO1)c1noc(-c2ccccc2)c1C(=O)O. The van der Waals surface area contributed by atoms with E-state index in [2.05, 4.69) is 5.16 Å². The third-order valence-electron chi connectivity index (χ3n) is 3.79. The summed E-state index contributed by atoms with van der Waals surface area (Å²) in [6, 6.07) is 9.14. The van der Waals surface area contributed by atoms with E-state index in [0.717, 1.165) is 19.4 Å². The molecule has 0 bridgehead atoms. The summed E-state index contributed by atoms with van der Waals surface area (Å²) in [5.41, 5.74) is 0.788. The third kappa shape index (κ3) is 2.82. The first-order valence-electron chi connectivity index (χ1n) is 7.28. The van der Waals surface area contributed by atoms with Gasteiger partial charge < -0.3 is 19.3 Å². The molecule has 1 saturated heterocycles. The van der Waals surface area contributed by atoms with Gasteiger partial charge in [-0.15, -0.1) is 0 Å². The van der Waals surface area contributed by atoms with Crippen molar-refractivity contribution in [3.8, 4) is 11.3 Å². The van der Waals surface area contributed by atoms with Gasteiger partial charge in [0.25, 0.3) is 0 Å². The normalized spacial score (nSPS) is 17.6. The van der Waals surface area contributed by atoms with Crippen molar-refractivity contribution in [3.63, 3.8) is 0 Å². The zero-order valence-corrected chi connectivity index (χ0v) is 12.4. The largest absolute Gasteiger partial charge is 0.477 e. The second kappa shape index (κ2) is 6.19. The number of hydrogen-bond acceptors (Lipinski definition) is 5. The Bertz CT molecular complexity index is 647. The van der Waals surface area contributed by atoms with Crippen LogP contribution in [0.4, 0.5) is 5.82 Å². The van der Waals surface area contributed by atoms with E-state index in [-0.39, 0.29) is 17.4 Å². The van der Waals surface area contributed by atoms with Gasteiger partial charge in [-0.25, -0.2) is 4.79 Å². The number of carboxylic acid groups (broad SMARTS) is 1. The molecule has 1 aliphatic heterocycles. The van der Waals surface area contributed by atoms with Crippen LogP contribution in [0.15, 0.2) is 34.9 Å². The van der Waals surface area contributed by atoms with Crippen molar-refractivity contribution in [1.82, 2.24) is 5.16 Å². The molecule has 2 aromatic rings. The van der Waals surface area contributed by atoms with E-state index in [9.17, 15) is 9.90 Å². The maximum Gasteiger partial charge on any atom is 0.343 e. The number of anilines is 1. The summed E-state index contributed by atoms with van der Waals surface area (Å²) in [6.45, 7) is 1.36. The number of benzene rings is 1. The number of likely N-dealkylation sites (N-methyl/N-ethyl adjacent to an activating group) is 1. The number of nitrogens with zero attached hydrogens (tertiary/aromatic N) is 2. The predicted octanol–water partition coefficient (Wildman–Crippen LogP) is 2.66. The molecule has 0 spiro atoms. The summed E-state index contributed by atoms with van der Waals surface area (Å²) >= 11 is 0. The summed E-state index contributed by atoms with van der Waals surface area (Å²) in [5, 5.41) is 13.5. The minimum absolute atomic E-state index is 0.0895. The molecule has 3 rings (SSSR count). The minimum atomic E-state index is -1.05. The highest BCUT2D eigenvalue weighted by Crippen LogP contribution is 2.31. The molecular weight excluding hydrogens is 284 g/mol. The zero-order chi connectivity index (χ0) is 15.5. The highest BCUT2D eigenvalue weighted by Gasteiger charge is 2.28. The molecule has 2 heterocycles. The van der Waals surface area contributed by atoms with E-state index >= 15 is 0 Å². The molecule has 116 valence electrons. The van der Waals surface area contributed by atoms with Crippen molar-refractivity contribution in [2.75, 3.05) is 25.1 Å². The van der Waals surface area contributed by atoms with E-state index in [1.807, 2.05) is 18.2 Å². The van der Waals surface area contributed by atoms with Gasteiger partial charge in [0.05, 0.1) is 6.10 Å². The summed E-state index contributed by atoms with van der Waals surface area (Å²) in [5.74, 6) is -0.432. The van der Waals surface area contributed by atoms with Crippen molar-refractivity contribution in [2.24, 2.45) is 0 Å². The molecule has 6 nitrogen and oxygen atoms in total. The van der Waals surface area contributed by atoms with Crippen LogP contribution in [0.3, 0.4) is 0 Å². The van der Waals surface area contributed by atoms with Gasteiger partial charge >= 0.3 is 5.97 Å². The first kappa shape index (κ1) is 14.6. The Labute approximate surface area is 128 Å². The minimum Gasteiger partial charge on any atom is -0.477 e. The van der Waals surface area contributed by atoms with Crippen molar-refractivity contribution in [3.05, 3.63) is 35.9 Å². The van der Waals surface area contributed by atoms with Crippen LogP contribution in [0.5, 0.6) is 0 Å². The van der Waals surface area contributed by atoms with Crippen LogP contribution in [0, 0.1) is 0 Å². The van der Waals surface area contributed by atoms with Crippen molar-refractivity contribution < 1.29 is 19.2 Å². The molecule has 1 fully saturated rings. The summed E-state index contributed by atoms with van der Waals surface area (Å²) in [6.07, 6.45) is 2.14. The number of hydrogen-bond donors (Lipinski definition) is 1. The van der Waals surface area contributed by atoms with E-state index in [4.69, 9.17) is 9.26 Å². The molecule has 1 aliphatic rings. The number of rotatable bonds is 5. The molecule has 6 heteroatoms. The Hall–Kier alpha value is -2.34.